The molecule has 0 spiro atoms. The third-order valence-electron chi connectivity index (χ3n) is 6.31. The Bertz CT molecular complexity index is 1110. The highest BCUT2D eigenvalue weighted by atomic mass is 35.5. The maximum Gasteiger partial charge on any atom is 0.338 e. The van der Waals surface area contributed by atoms with E-state index in [0.29, 0.717) is 16.3 Å². The molecule has 7 heteroatoms. The number of fused-ring (bicyclic) bond motifs is 5. The van der Waals surface area contributed by atoms with Gasteiger partial charge in [-0.15, -0.1) is 0 Å². The first-order chi connectivity index (χ1) is 14.9. The average molecular weight is 436 g/mol. The maximum absolute atomic E-state index is 13.0. The normalized spacial score (nSPS) is 25.8. The van der Waals surface area contributed by atoms with Gasteiger partial charge in [0.25, 0.3) is 0 Å². The van der Waals surface area contributed by atoms with Crippen LogP contribution in [0.3, 0.4) is 0 Å². The SMILES string of the molecule is O=C(COC(=O)c1cccc(N2C(=O)[C@@H]3[C@@H](C2=O)[C@H]2C=C[C@H]3C2)c1)c1ccc(Cl)cc1. The minimum atomic E-state index is -0.704. The minimum Gasteiger partial charge on any atom is -0.454 e. The molecule has 0 unspecified atom stereocenters. The molecule has 3 aliphatic rings. The molecule has 0 radical (unpaired) electrons. The standard InChI is InChI=1S/C24H18ClNO5/c25-17-8-6-13(7-9-17)19(27)12-31-24(30)16-2-1-3-18(11-16)26-22(28)20-14-4-5-15(10-14)21(20)23(26)29/h1-9,11,14-15,20-21H,10,12H2/t14-,15-,20-,21-/m0/s1. The lowest BCUT2D eigenvalue weighted by molar-refractivity contribution is -0.123. The van der Waals surface area contributed by atoms with Crippen molar-refractivity contribution in [2.24, 2.45) is 23.7 Å². The number of halogens is 1. The molecule has 2 aromatic rings. The van der Waals surface area contributed by atoms with Gasteiger partial charge in [0.1, 0.15) is 0 Å². The number of anilines is 1. The third kappa shape index (κ3) is 3.27. The molecule has 6 nitrogen and oxygen atoms in total. The van der Waals surface area contributed by atoms with E-state index in [4.69, 9.17) is 16.3 Å². The third-order valence-corrected chi connectivity index (χ3v) is 6.56. The maximum atomic E-state index is 13.0. The predicted molar refractivity (Wildman–Crippen MR) is 113 cm³/mol. The summed E-state index contributed by atoms with van der Waals surface area (Å²) in [7, 11) is 0. The number of carbonyl (C=O) groups excluding carboxylic acids is 4. The number of hydrogen-bond acceptors (Lipinski definition) is 5. The molecule has 2 bridgehead atoms. The predicted octanol–water partition coefficient (Wildman–Crippen LogP) is 3.69. The van der Waals surface area contributed by atoms with Crippen molar-refractivity contribution in [1.82, 2.24) is 0 Å². The summed E-state index contributed by atoms with van der Waals surface area (Å²) in [5.41, 5.74) is 0.899. The lowest BCUT2D eigenvalue weighted by atomic mass is 9.85. The van der Waals surface area contributed by atoms with Crippen molar-refractivity contribution >= 4 is 40.9 Å². The molecule has 0 aromatic heterocycles. The number of rotatable bonds is 5. The van der Waals surface area contributed by atoms with Crippen molar-refractivity contribution in [3.05, 3.63) is 76.8 Å². The van der Waals surface area contributed by atoms with E-state index >= 15 is 0 Å². The molecule has 1 saturated heterocycles. The number of carbonyl (C=O) groups is 4. The molecule has 5 rings (SSSR count). The zero-order valence-electron chi connectivity index (χ0n) is 16.4. The molecule has 1 heterocycles. The van der Waals surface area contributed by atoms with E-state index in [1.165, 1.54) is 17.0 Å². The number of nitrogens with zero attached hydrogens (tertiary/aromatic N) is 1. The Labute approximate surface area is 183 Å². The summed E-state index contributed by atoms with van der Waals surface area (Å²) in [5, 5.41) is 0.504. The first kappa shape index (κ1) is 19.7. The van der Waals surface area contributed by atoms with E-state index in [9.17, 15) is 19.2 Å². The topological polar surface area (TPSA) is 80.8 Å². The Hall–Kier alpha value is -3.25. The Morgan fingerprint density at radius 3 is 2.23 bits per heavy atom. The number of hydrogen-bond donors (Lipinski definition) is 0. The number of esters is 1. The van der Waals surface area contributed by atoms with Crippen molar-refractivity contribution in [1.29, 1.82) is 0 Å². The van der Waals surface area contributed by atoms with Gasteiger partial charge in [0.2, 0.25) is 11.8 Å². The molecular formula is C24H18ClNO5. The van der Waals surface area contributed by atoms with Crippen LogP contribution in [0.2, 0.25) is 5.02 Å². The van der Waals surface area contributed by atoms with E-state index in [-0.39, 0.29) is 46.8 Å². The van der Waals surface area contributed by atoms with E-state index in [1.54, 1.807) is 36.4 Å². The summed E-state index contributed by atoms with van der Waals surface area (Å²) < 4.78 is 5.14. The lowest BCUT2D eigenvalue weighted by Gasteiger charge is -2.18. The van der Waals surface area contributed by atoms with Crippen molar-refractivity contribution < 1.29 is 23.9 Å². The van der Waals surface area contributed by atoms with Gasteiger partial charge in [0.15, 0.2) is 12.4 Å². The van der Waals surface area contributed by atoms with Crippen LogP contribution in [0, 0.1) is 23.7 Å². The van der Waals surface area contributed by atoms with Gasteiger partial charge in [-0.1, -0.05) is 29.8 Å². The molecule has 0 N–H and O–H groups in total. The second kappa shape index (κ2) is 7.46. The molecule has 1 saturated carbocycles. The summed E-state index contributed by atoms with van der Waals surface area (Å²) in [5.74, 6) is -1.88. The summed E-state index contributed by atoms with van der Waals surface area (Å²) in [6, 6.07) is 12.5. The van der Waals surface area contributed by atoms with E-state index in [0.717, 1.165) is 6.42 Å². The zero-order chi connectivity index (χ0) is 21.7. The van der Waals surface area contributed by atoms with Crippen LogP contribution in [-0.4, -0.2) is 30.2 Å². The van der Waals surface area contributed by atoms with Crippen LogP contribution in [0.5, 0.6) is 0 Å². The Morgan fingerprint density at radius 1 is 0.935 bits per heavy atom. The highest BCUT2D eigenvalue weighted by molar-refractivity contribution is 6.30. The fourth-order valence-corrected chi connectivity index (χ4v) is 4.99. The summed E-state index contributed by atoms with van der Waals surface area (Å²) in [4.78, 5) is 51.8. The van der Waals surface area contributed by atoms with Gasteiger partial charge in [0.05, 0.1) is 23.1 Å². The molecule has 2 fully saturated rings. The summed E-state index contributed by atoms with van der Waals surface area (Å²) >= 11 is 5.81. The van der Waals surface area contributed by atoms with E-state index < -0.39 is 12.6 Å². The molecule has 2 aliphatic carbocycles. The highest BCUT2D eigenvalue weighted by Gasteiger charge is 2.59. The van der Waals surface area contributed by atoms with Crippen LogP contribution >= 0.6 is 11.6 Å². The smallest absolute Gasteiger partial charge is 0.338 e. The van der Waals surface area contributed by atoms with Crippen LogP contribution in [0.4, 0.5) is 5.69 Å². The number of amides is 2. The van der Waals surface area contributed by atoms with E-state index in [2.05, 4.69) is 0 Å². The first-order valence-electron chi connectivity index (χ1n) is 10.1. The molecule has 156 valence electrons. The van der Waals surface area contributed by atoms with Crippen molar-refractivity contribution in [2.45, 2.75) is 6.42 Å². The highest BCUT2D eigenvalue weighted by Crippen LogP contribution is 2.53. The van der Waals surface area contributed by atoms with Gasteiger partial charge in [-0.3, -0.25) is 14.4 Å². The van der Waals surface area contributed by atoms with Crippen molar-refractivity contribution in [2.75, 3.05) is 11.5 Å². The Kier molecular flexibility index (Phi) is 4.74. The fraction of sp³-hybridized carbons (Fsp3) is 0.250. The van der Waals surface area contributed by atoms with E-state index in [1.807, 2.05) is 12.2 Å². The second-order valence-corrected chi connectivity index (χ2v) is 8.50. The minimum absolute atomic E-state index is 0.114. The number of ketones is 1. The van der Waals surface area contributed by atoms with Crippen LogP contribution < -0.4 is 4.90 Å². The molecule has 1 aliphatic heterocycles. The number of benzene rings is 2. The van der Waals surface area contributed by atoms with Gasteiger partial charge in [-0.25, -0.2) is 9.69 Å². The number of ether oxygens (including phenoxy) is 1. The largest absolute Gasteiger partial charge is 0.454 e. The summed E-state index contributed by atoms with van der Waals surface area (Å²) in [6.07, 6.45) is 4.92. The molecule has 31 heavy (non-hydrogen) atoms. The number of imide groups is 1. The van der Waals surface area contributed by atoms with Gasteiger partial charge in [-0.05, 0) is 60.7 Å². The molecule has 4 atom stereocenters. The first-order valence-corrected chi connectivity index (χ1v) is 10.4. The van der Waals surface area contributed by atoms with Gasteiger partial charge >= 0.3 is 5.97 Å². The Balaban J connectivity index is 1.30. The quantitative estimate of drug-likeness (QED) is 0.309. The number of Topliss-reactive ketones (excluding diaryl/α,β-unsaturated/α-hetero) is 1. The van der Waals surface area contributed by atoms with Crippen LogP contribution in [0.15, 0.2) is 60.7 Å². The van der Waals surface area contributed by atoms with Crippen LogP contribution in [-0.2, 0) is 14.3 Å². The molecule has 2 amide bonds. The average Bonchev–Trinajstić information content (AvgIpc) is 3.46. The zero-order valence-corrected chi connectivity index (χ0v) is 17.1. The van der Waals surface area contributed by atoms with Crippen LogP contribution in [0.25, 0.3) is 0 Å². The molecule has 2 aromatic carbocycles. The molecular weight excluding hydrogens is 418 g/mol. The fourth-order valence-electron chi connectivity index (χ4n) is 4.86. The number of allylic oxidation sites excluding steroid dienone is 2. The van der Waals surface area contributed by atoms with Gasteiger partial charge in [-0.2, -0.15) is 0 Å². The lowest BCUT2D eigenvalue weighted by Crippen LogP contribution is -2.33. The van der Waals surface area contributed by atoms with Gasteiger partial charge in [0, 0.05) is 10.6 Å². The van der Waals surface area contributed by atoms with Crippen molar-refractivity contribution in [3.63, 3.8) is 0 Å². The second-order valence-electron chi connectivity index (χ2n) is 8.07. The van der Waals surface area contributed by atoms with Crippen molar-refractivity contribution in [3.8, 4) is 0 Å². The van der Waals surface area contributed by atoms with Gasteiger partial charge < -0.3 is 4.74 Å². The Morgan fingerprint density at radius 2 is 1.58 bits per heavy atom. The summed E-state index contributed by atoms with van der Waals surface area (Å²) in [6.45, 7) is -0.425. The monoisotopic (exact) mass is 435 g/mol. The van der Waals surface area contributed by atoms with Crippen LogP contribution in [0.1, 0.15) is 27.1 Å².